The lowest BCUT2D eigenvalue weighted by molar-refractivity contribution is -0.189. The van der Waals surface area contributed by atoms with Crippen molar-refractivity contribution in [3.05, 3.63) is 47.5 Å². The van der Waals surface area contributed by atoms with Crippen molar-refractivity contribution in [2.24, 2.45) is 5.73 Å². The second-order valence-corrected chi connectivity index (χ2v) is 7.91. The third kappa shape index (κ3) is 8.27. The summed E-state index contributed by atoms with van der Waals surface area (Å²) in [5.74, 6) is -3.34. The van der Waals surface area contributed by atoms with Crippen LogP contribution in [0, 0.1) is 5.41 Å². The zero-order valence-electron chi connectivity index (χ0n) is 20.8. The van der Waals surface area contributed by atoms with Gasteiger partial charge in [0, 0.05) is 18.3 Å². The fourth-order valence-corrected chi connectivity index (χ4v) is 3.12. The predicted octanol–water partition coefficient (Wildman–Crippen LogP) is 3.42. The number of anilines is 1. The Kier molecular flexibility index (Phi) is 10.1. The molecular weight excluding hydrogens is 495 g/mol. The Hall–Kier alpha value is -4.00. The molecule has 0 radical (unpaired) electrons. The molecule has 2 aromatic carbocycles. The van der Waals surface area contributed by atoms with Gasteiger partial charge < -0.3 is 25.3 Å². The fraction of sp³-hybridized carbons (Fsp3) is 0.375. The van der Waals surface area contributed by atoms with E-state index in [4.69, 9.17) is 20.6 Å². The quantitative estimate of drug-likeness (QED) is 0.0931. The van der Waals surface area contributed by atoms with Crippen molar-refractivity contribution in [3.8, 4) is 17.2 Å². The number of halogens is 3. The van der Waals surface area contributed by atoms with Crippen LogP contribution in [-0.4, -0.2) is 43.1 Å². The van der Waals surface area contributed by atoms with Gasteiger partial charge in [0.2, 0.25) is 0 Å². The first kappa shape index (κ1) is 29.2. The number of benzene rings is 2. The molecule has 6 N–H and O–H groups in total. The van der Waals surface area contributed by atoms with E-state index in [1.165, 1.54) is 12.1 Å². The largest absolute Gasteiger partial charge is 0.491 e. The first-order valence-corrected chi connectivity index (χ1v) is 11.4. The number of amidine groups is 1. The lowest BCUT2D eigenvalue weighted by atomic mass is 10.0. The molecule has 1 atom stereocenters. The Bertz CT molecular complexity index is 1120. The summed E-state index contributed by atoms with van der Waals surface area (Å²) in [6.07, 6.45) is -5.39. The monoisotopic (exact) mass is 525 g/mol. The number of rotatable bonds is 12. The number of carbonyl (C=O) groups excluding carboxylic acids is 2. The van der Waals surface area contributed by atoms with Crippen molar-refractivity contribution in [2.75, 3.05) is 18.5 Å². The summed E-state index contributed by atoms with van der Waals surface area (Å²) in [7, 11) is 0. The summed E-state index contributed by atoms with van der Waals surface area (Å²) in [6.45, 7) is 8.03. The van der Waals surface area contributed by atoms with Crippen LogP contribution in [0.1, 0.15) is 44.9 Å². The minimum absolute atomic E-state index is 0.118. The fourth-order valence-electron chi connectivity index (χ4n) is 3.12. The highest BCUT2D eigenvalue weighted by molar-refractivity contribution is 5.99. The van der Waals surface area contributed by atoms with Gasteiger partial charge in [-0.05, 0) is 50.6 Å². The molecule has 0 spiro atoms. The van der Waals surface area contributed by atoms with Crippen LogP contribution in [0.2, 0.25) is 0 Å². The molecule has 2 aromatic rings. The predicted molar refractivity (Wildman–Crippen MR) is 131 cm³/mol. The highest BCUT2D eigenvalue weighted by Crippen LogP contribution is 2.34. The molecule has 0 aliphatic carbocycles. The van der Waals surface area contributed by atoms with E-state index < -0.39 is 35.7 Å². The van der Waals surface area contributed by atoms with Gasteiger partial charge in [-0.15, -0.1) is 0 Å². The second-order valence-electron chi connectivity index (χ2n) is 7.91. The Balaban J connectivity index is 2.50. The molecule has 202 valence electrons. The van der Waals surface area contributed by atoms with Gasteiger partial charge in [-0.2, -0.15) is 13.2 Å². The lowest BCUT2D eigenvalue weighted by Gasteiger charge is -2.23. The van der Waals surface area contributed by atoms with Gasteiger partial charge in [0.25, 0.3) is 5.91 Å². The molecule has 0 heterocycles. The Morgan fingerprint density at radius 2 is 1.76 bits per heavy atom. The first-order chi connectivity index (χ1) is 17.4. The zero-order chi connectivity index (χ0) is 27.8. The maximum atomic E-state index is 13.0. The van der Waals surface area contributed by atoms with Crippen LogP contribution >= 0.6 is 0 Å². The van der Waals surface area contributed by atoms with Gasteiger partial charge in [-0.3, -0.25) is 15.6 Å². The van der Waals surface area contributed by atoms with E-state index in [2.05, 4.69) is 20.9 Å². The smallest absolute Gasteiger partial charge is 0.490 e. The molecule has 10 nitrogen and oxygen atoms in total. The van der Waals surface area contributed by atoms with Crippen molar-refractivity contribution in [1.29, 1.82) is 5.41 Å². The maximum Gasteiger partial charge on any atom is 0.491 e. The normalized spacial score (nSPS) is 12.0. The molecule has 0 aliphatic rings. The number of ether oxygens (including phenoxy) is 3. The van der Waals surface area contributed by atoms with Gasteiger partial charge in [-0.1, -0.05) is 13.0 Å². The van der Waals surface area contributed by atoms with Crippen LogP contribution in [-0.2, 0) is 9.59 Å². The van der Waals surface area contributed by atoms with Crippen LogP contribution in [0.25, 0.3) is 0 Å². The van der Waals surface area contributed by atoms with Gasteiger partial charge in [-0.25, -0.2) is 10.2 Å². The highest BCUT2D eigenvalue weighted by atomic mass is 19.4. The third-order valence-corrected chi connectivity index (χ3v) is 4.63. The number of hydrogen-bond donors (Lipinski definition) is 5. The highest BCUT2D eigenvalue weighted by Gasteiger charge is 2.41. The maximum absolute atomic E-state index is 13.0. The van der Waals surface area contributed by atoms with Gasteiger partial charge in [0.05, 0.1) is 18.3 Å². The first-order valence-electron chi connectivity index (χ1n) is 11.4. The number of nitrogen functional groups attached to an aromatic ring is 1. The van der Waals surface area contributed by atoms with Crippen molar-refractivity contribution in [3.63, 3.8) is 0 Å². The van der Waals surface area contributed by atoms with Gasteiger partial charge >= 0.3 is 12.1 Å². The Morgan fingerprint density at radius 1 is 1.05 bits per heavy atom. The molecule has 0 bridgehead atoms. The Morgan fingerprint density at radius 3 is 2.32 bits per heavy atom. The minimum atomic E-state index is -5.26. The standard InChI is InChI=1S/C24H30F3N5O5/c1-5-30-32-22(33)20(14-7-10-17(36-13(3)4)19(11-14)35-6-2)31-15-8-9-16(21(28)29)18(12-15)37-23(34)24(25,26)27/h7-13,20,30-31H,5-6H2,1-4H3,(H3,28,29)(H,32,33). The molecule has 1 unspecified atom stereocenters. The number of esters is 1. The number of nitrogens with one attached hydrogen (secondary N) is 4. The minimum Gasteiger partial charge on any atom is -0.490 e. The number of amides is 1. The van der Waals surface area contributed by atoms with E-state index in [1.807, 2.05) is 13.8 Å². The van der Waals surface area contributed by atoms with Gasteiger partial charge in [0.15, 0.2) is 11.5 Å². The molecule has 0 saturated carbocycles. The number of carbonyl (C=O) groups is 2. The third-order valence-electron chi connectivity index (χ3n) is 4.63. The molecule has 0 aromatic heterocycles. The van der Waals surface area contributed by atoms with Crippen LogP contribution < -0.4 is 36.1 Å². The van der Waals surface area contributed by atoms with E-state index >= 15 is 0 Å². The molecule has 0 fully saturated rings. The van der Waals surface area contributed by atoms with Gasteiger partial charge in [0.1, 0.15) is 17.6 Å². The van der Waals surface area contributed by atoms with E-state index in [9.17, 15) is 22.8 Å². The summed E-state index contributed by atoms with van der Waals surface area (Å²) >= 11 is 0. The summed E-state index contributed by atoms with van der Waals surface area (Å²) in [5, 5.41) is 10.5. The number of alkyl halides is 3. The average Bonchev–Trinajstić information content (AvgIpc) is 2.81. The zero-order valence-corrected chi connectivity index (χ0v) is 20.8. The average molecular weight is 526 g/mol. The molecule has 0 aliphatic heterocycles. The molecule has 37 heavy (non-hydrogen) atoms. The summed E-state index contributed by atoms with van der Waals surface area (Å²) in [6, 6.07) is 7.46. The molecule has 2 rings (SSSR count). The molecule has 0 saturated heterocycles. The molecule has 13 heteroatoms. The van der Waals surface area contributed by atoms with Crippen LogP contribution in [0.15, 0.2) is 36.4 Å². The summed E-state index contributed by atoms with van der Waals surface area (Å²) in [4.78, 5) is 24.4. The number of nitrogens with two attached hydrogens (primary N) is 1. The Labute approximate surface area is 212 Å². The topological polar surface area (TPSA) is 148 Å². The summed E-state index contributed by atoms with van der Waals surface area (Å²) < 4.78 is 54.2. The van der Waals surface area contributed by atoms with E-state index in [0.717, 1.165) is 6.07 Å². The van der Waals surface area contributed by atoms with Crippen molar-refractivity contribution < 1.29 is 37.0 Å². The van der Waals surface area contributed by atoms with Crippen LogP contribution in [0.5, 0.6) is 17.2 Å². The lowest BCUT2D eigenvalue weighted by Crippen LogP contribution is -2.42. The molecular formula is C24H30F3N5O5. The van der Waals surface area contributed by atoms with Crippen LogP contribution in [0.4, 0.5) is 18.9 Å². The van der Waals surface area contributed by atoms with Crippen molar-refractivity contribution in [2.45, 2.75) is 46.0 Å². The molecule has 1 amide bonds. The van der Waals surface area contributed by atoms with Crippen molar-refractivity contribution in [1.82, 2.24) is 10.9 Å². The summed E-state index contributed by atoms with van der Waals surface area (Å²) in [5.41, 5.74) is 11.0. The van der Waals surface area contributed by atoms with Crippen LogP contribution in [0.3, 0.4) is 0 Å². The van der Waals surface area contributed by atoms with E-state index in [-0.39, 0.29) is 17.4 Å². The SMILES string of the molecule is CCNNC(=O)C(Nc1ccc(C(=N)N)c(OC(=O)C(F)(F)F)c1)c1ccc(OC(C)C)c(OCC)c1. The number of hydrazine groups is 1. The van der Waals surface area contributed by atoms with E-state index in [1.54, 1.807) is 32.0 Å². The van der Waals surface area contributed by atoms with Crippen molar-refractivity contribution >= 4 is 23.4 Å². The van der Waals surface area contributed by atoms with E-state index in [0.29, 0.717) is 30.2 Å². The number of hydrogen-bond acceptors (Lipinski definition) is 8. The second kappa shape index (κ2) is 12.8.